The number of likely N-dealkylation sites (tertiary alicyclic amines) is 1. The maximum atomic E-state index is 13.2. The SMILES string of the molecule is CC(C)(CN1CCCCC1)NC(=O)c1[nH]cnc1C(=O)Nc1ccc(NC(=O)c2ccc(F)cc2Cl)cc1. The van der Waals surface area contributed by atoms with Crippen LogP contribution in [0.3, 0.4) is 0 Å². The molecule has 38 heavy (non-hydrogen) atoms. The van der Waals surface area contributed by atoms with Crippen molar-refractivity contribution in [3.8, 4) is 0 Å². The minimum atomic E-state index is -0.555. The van der Waals surface area contributed by atoms with E-state index < -0.39 is 29.1 Å². The maximum Gasteiger partial charge on any atom is 0.276 e. The van der Waals surface area contributed by atoms with Gasteiger partial charge in [0.2, 0.25) is 0 Å². The van der Waals surface area contributed by atoms with Gasteiger partial charge in [0, 0.05) is 23.5 Å². The average molecular weight is 541 g/mol. The highest BCUT2D eigenvalue weighted by Crippen LogP contribution is 2.21. The van der Waals surface area contributed by atoms with Crippen LogP contribution < -0.4 is 16.0 Å². The zero-order valence-corrected chi connectivity index (χ0v) is 22.0. The van der Waals surface area contributed by atoms with E-state index in [1.54, 1.807) is 24.3 Å². The molecule has 1 aliphatic heterocycles. The van der Waals surface area contributed by atoms with E-state index in [9.17, 15) is 18.8 Å². The molecule has 2 heterocycles. The van der Waals surface area contributed by atoms with Gasteiger partial charge >= 0.3 is 0 Å². The number of halogens is 2. The Bertz CT molecular complexity index is 1320. The number of aromatic amines is 1. The number of benzene rings is 2. The van der Waals surface area contributed by atoms with Crippen LogP contribution in [0, 0.1) is 5.82 Å². The van der Waals surface area contributed by atoms with Crippen LogP contribution in [0.4, 0.5) is 15.8 Å². The van der Waals surface area contributed by atoms with Crippen molar-refractivity contribution in [3.05, 3.63) is 76.6 Å². The minimum absolute atomic E-state index is 0.000102. The first-order valence-corrected chi connectivity index (χ1v) is 12.8. The largest absolute Gasteiger partial charge is 0.345 e. The standard InChI is InChI=1S/C27H30ClFN6O3/c1-27(2,15-35-12-4-3-5-13-35)34-26(38)23-22(30-16-31-23)25(37)33-19-9-7-18(8-10-19)32-24(36)20-11-6-17(29)14-21(20)28/h6-11,14,16H,3-5,12-13,15H2,1-2H3,(H,30,31)(H,32,36)(H,33,37)(H,34,38). The number of aromatic nitrogens is 2. The molecule has 200 valence electrons. The van der Waals surface area contributed by atoms with Crippen molar-refractivity contribution in [1.82, 2.24) is 20.2 Å². The van der Waals surface area contributed by atoms with Gasteiger partial charge < -0.3 is 25.8 Å². The number of carbonyl (C=O) groups is 3. The van der Waals surface area contributed by atoms with Gasteiger partial charge in [-0.15, -0.1) is 0 Å². The summed E-state index contributed by atoms with van der Waals surface area (Å²) in [6.07, 6.45) is 4.86. The number of carbonyl (C=O) groups excluding carboxylic acids is 3. The summed E-state index contributed by atoms with van der Waals surface area (Å²) < 4.78 is 13.2. The third-order valence-corrected chi connectivity index (χ3v) is 6.49. The van der Waals surface area contributed by atoms with Crippen LogP contribution >= 0.6 is 11.6 Å². The molecular weight excluding hydrogens is 511 g/mol. The molecule has 0 spiro atoms. The van der Waals surface area contributed by atoms with Crippen molar-refractivity contribution in [2.24, 2.45) is 0 Å². The van der Waals surface area contributed by atoms with Gasteiger partial charge in [-0.25, -0.2) is 9.37 Å². The fourth-order valence-corrected chi connectivity index (χ4v) is 4.68. The number of anilines is 2. The predicted molar refractivity (Wildman–Crippen MR) is 144 cm³/mol. The molecular formula is C27H30ClFN6O3. The summed E-state index contributed by atoms with van der Waals surface area (Å²) in [6, 6.07) is 9.88. The third kappa shape index (κ3) is 6.96. The molecule has 1 aromatic heterocycles. The summed E-state index contributed by atoms with van der Waals surface area (Å²) in [5, 5.41) is 8.39. The van der Waals surface area contributed by atoms with E-state index >= 15 is 0 Å². The molecule has 0 atom stereocenters. The monoisotopic (exact) mass is 540 g/mol. The molecule has 1 fully saturated rings. The lowest BCUT2D eigenvalue weighted by molar-refractivity contribution is 0.0865. The van der Waals surface area contributed by atoms with E-state index in [-0.39, 0.29) is 22.0 Å². The molecule has 3 amide bonds. The second kappa shape index (κ2) is 11.7. The Hall–Kier alpha value is -3.76. The highest BCUT2D eigenvalue weighted by Gasteiger charge is 2.28. The van der Waals surface area contributed by atoms with Gasteiger partial charge in [-0.1, -0.05) is 18.0 Å². The van der Waals surface area contributed by atoms with E-state index in [0.29, 0.717) is 17.9 Å². The van der Waals surface area contributed by atoms with Crippen molar-refractivity contribution >= 4 is 40.7 Å². The number of hydrogen-bond acceptors (Lipinski definition) is 5. The summed E-state index contributed by atoms with van der Waals surface area (Å²) >= 11 is 5.95. The number of amides is 3. The number of nitrogens with one attached hydrogen (secondary N) is 4. The maximum absolute atomic E-state index is 13.2. The zero-order chi connectivity index (χ0) is 27.3. The molecule has 0 unspecified atom stereocenters. The third-order valence-electron chi connectivity index (χ3n) is 6.18. The van der Waals surface area contributed by atoms with Gasteiger partial charge in [-0.3, -0.25) is 14.4 Å². The van der Waals surface area contributed by atoms with Crippen molar-refractivity contribution in [3.63, 3.8) is 0 Å². The lowest BCUT2D eigenvalue weighted by Crippen LogP contribution is -2.52. The van der Waals surface area contributed by atoms with E-state index in [2.05, 4.69) is 30.8 Å². The summed E-state index contributed by atoms with van der Waals surface area (Å²) in [4.78, 5) is 47.5. The molecule has 0 radical (unpaired) electrons. The van der Waals surface area contributed by atoms with E-state index in [4.69, 9.17) is 11.6 Å². The van der Waals surface area contributed by atoms with Crippen LogP contribution in [0.5, 0.6) is 0 Å². The number of H-pyrrole nitrogens is 1. The lowest BCUT2D eigenvalue weighted by Gasteiger charge is -2.35. The first-order chi connectivity index (χ1) is 18.1. The van der Waals surface area contributed by atoms with Crippen LogP contribution in [-0.4, -0.2) is 57.8 Å². The highest BCUT2D eigenvalue weighted by molar-refractivity contribution is 6.34. The highest BCUT2D eigenvalue weighted by atomic mass is 35.5. The van der Waals surface area contributed by atoms with Gasteiger partial charge in [0.15, 0.2) is 5.69 Å². The predicted octanol–water partition coefficient (Wildman–Crippen LogP) is 4.70. The van der Waals surface area contributed by atoms with E-state index in [1.807, 2.05) is 13.8 Å². The zero-order valence-electron chi connectivity index (χ0n) is 21.2. The van der Waals surface area contributed by atoms with Gasteiger partial charge in [-0.2, -0.15) is 0 Å². The minimum Gasteiger partial charge on any atom is -0.345 e. The normalized spacial score (nSPS) is 14.1. The first kappa shape index (κ1) is 27.3. The van der Waals surface area contributed by atoms with Crippen molar-refractivity contribution in [2.45, 2.75) is 38.6 Å². The smallest absolute Gasteiger partial charge is 0.276 e. The molecule has 11 heteroatoms. The van der Waals surface area contributed by atoms with Crippen LogP contribution in [-0.2, 0) is 0 Å². The van der Waals surface area contributed by atoms with Crippen molar-refractivity contribution in [1.29, 1.82) is 0 Å². The van der Waals surface area contributed by atoms with E-state index in [1.165, 1.54) is 18.8 Å². The molecule has 1 saturated heterocycles. The molecule has 2 aromatic carbocycles. The quantitative estimate of drug-likeness (QED) is 0.330. The molecule has 9 nitrogen and oxygen atoms in total. The van der Waals surface area contributed by atoms with Crippen molar-refractivity contribution < 1.29 is 18.8 Å². The topological polar surface area (TPSA) is 119 Å². The number of nitrogens with zero attached hydrogens (tertiary/aromatic N) is 2. The van der Waals surface area contributed by atoms with Gasteiger partial charge in [0.05, 0.1) is 16.9 Å². The second-order valence-electron chi connectivity index (χ2n) is 9.91. The molecule has 0 saturated carbocycles. The van der Waals surface area contributed by atoms with Crippen LogP contribution in [0.1, 0.15) is 64.4 Å². The number of imidazole rings is 1. The Morgan fingerprint density at radius 2 is 1.61 bits per heavy atom. The molecule has 3 aromatic rings. The summed E-state index contributed by atoms with van der Waals surface area (Å²) in [6.45, 7) is 6.66. The average Bonchev–Trinajstić information content (AvgIpc) is 3.36. The van der Waals surface area contributed by atoms with Gasteiger partial charge in [0.1, 0.15) is 11.5 Å². The molecule has 0 aliphatic carbocycles. The Morgan fingerprint density at radius 3 is 2.24 bits per heavy atom. The van der Waals surface area contributed by atoms with Crippen LogP contribution in [0.2, 0.25) is 5.02 Å². The number of hydrogen-bond donors (Lipinski definition) is 4. The summed E-state index contributed by atoms with van der Waals surface area (Å²) in [5.74, 6) is -2.00. The molecule has 0 bridgehead atoms. The van der Waals surface area contributed by atoms with Gasteiger partial charge in [0.25, 0.3) is 17.7 Å². The number of piperidine rings is 1. The van der Waals surface area contributed by atoms with Crippen LogP contribution in [0.15, 0.2) is 48.8 Å². The molecule has 4 rings (SSSR count). The summed E-state index contributed by atoms with van der Waals surface area (Å²) in [5.41, 5.74) is 0.575. The fourth-order valence-electron chi connectivity index (χ4n) is 4.42. The van der Waals surface area contributed by atoms with Crippen LogP contribution in [0.25, 0.3) is 0 Å². The first-order valence-electron chi connectivity index (χ1n) is 12.4. The second-order valence-corrected chi connectivity index (χ2v) is 10.3. The van der Waals surface area contributed by atoms with E-state index in [0.717, 1.165) is 38.1 Å². The lowest BCUT2D eigenvalue weighted by atomic mass is 10.0. The number of rotatable bonds is 8. The Morgan fingerprint density at radius 1 is 0.974 bits per heavy atom. The fraction of sp³-hybridized carbons (Fsp3) is 0.333. The molecule has 4 N–H and O–H groups in total. The van der Waals surface area contributed by atoms with Crippen molar-refractivity contribution in [2.75, 3.05) is 30.3 Å². The summed E-state index contributed by atoms with van der Waals surface area (Å²) in [7, 11) is 0. The Kier molecular flexibility index (Phi) is 8.43. The Labute approximate surface area is 225 Å². The van der Waals surface area contributed by atoms with Gasteiger partial charge in [-0.05, 0) is 82.2 Å². The Balaban J connectivity index is 1.36. The molecule has 1 aliphatic rings.